The van der Waals surface area contributed by atoms with Crippen LogP contribution in [0.1, 0.15) is 40.8 Å². The lowest BCUT2D eigenvalue weighted by Crippen LogP contribution is -2.37. The maximum absolute atomic E-state index is 13.7. The third-order valence-corrected chi connectivity index (χ3v) is 6.24. The number of amides is 1. The Morgan fingerprint density at radius 1 is 0.875 bits per heavy atom. The quantitative estimate of drug-likeness (QED) is 0.215. The minimum atomic E-state index is -1.03. The molecule has 0 fully saturated rings. The average Bonchev–Trinajstić information content (AvgIpc) is 2.99. The van der Waals surface area contributed by atoms with Crippen LogP contribution < -0.4 is 20.1 Å². The number of aliphatic carboxylic acids is 1. The maximum Gasteiger partial charge on any atom is 0.305 e. The van der Waals surface area contributed by atoms with Crippen LogP contribution in [0.5, 0.6) is 11.5 Å². The van der Waals surface area contributed by atoms with Gasteiger partial charge in [0.2, 0.25) is 5.91 Å². The maximum atomic E-state index is 13.7. The van der Waals surface area contributed by atoms with Gasteiger partial charge in [0.1, 0.15) is 12.6 Å². The highest BCUT2D eigenvalue weighted by molar-refractivity contribution is 5.87. The summed E-state index contributed by atoms with van der Waals surface area (Å²) in [4.78, 5) is 25.4. The molecule has 3 N–H and O–H groups in total. The Morgan fingerprint density at radius 3 is 2.17 bits per heavy atom. The molecule has 0 aromatic heterocycles. The summed E-state index contributed by atoms with van der Waals surface area (Å²) < 4.78 is 11.6. The number of nitrogens with one attached hydrogen (secondary N) is 2. The molecule has 0 spiro atoms. The highest BCUT2D eigenvalue weighted by atomic mass is 16.5. The zero-order chi connectivity index (χ0) is 28.3. The first-order chi connectivity index (χ1) is 19.5. The number of hydrogen-bond acceptors (Lipinski definition) is 6. The van der Waals surface area contributed by atoms with Crippen LogP contribution in [0.15, 0.2) is 103 Å². The average molecular weight is 536 g/mol. The van der Waals surface area contributed by atoms with Gasteiger partial charge in [-0.1, -0.05) is 66.7 Å². The molecule has 0 saturated carbocycles. The van der Waals surface area contributed by atoms with Crippen LogP contribution in [0.2, 0.25) is 0 Å². The number of nitriles is 1. The van der Waals surface area contributed by atoms with Crippen molar-refractivity contribution in [1.29, 1.82) is 5.26 Å². The van der Waals surface area contributed by atoms with Crippen molar-refractivity contribution in [2.75, 3.05) is 12.4 Å². The van der Waals surface area contributed by atoms with Crippen molar-refractivity contribution in [1.82, 2.24) is 5.32 Å². The highest BCUT2D eigenvalue weighted by Crippen LogP contribution is 2.33. The summed E-state index contributed by atoms with van der Waals surface area (Å²) in [5, 5.41) is 24.8. The SMILES string of the molecule is COc1cc(C(Nc2ccc(C#N)cc2)C(=O)NC(CC(=O)O)c2ccccc2)ccc1OCc1ccccc1. The van der Waals surface area contributed by atoms with Gasteiger partial charge in [-0.15, -0.1) is 0 Å². The Kier molecular flexibility index (Phi) is 9.35. The van der Waals surface area contributed by atoms with Gasteiger partial charge in [-0.2, -0.15) is 5.26 Å². The van der Waals surface area contributed by atoms with Gasteiger partial charge in [-0.25, -0.2) is 0 Å². The number of carbonyl (C=O) groups excluding carboxylic acids is 1. The molecule has 2 atom stereocenters. The van der Waals surface area contributed by atoms with Crippen LogP contribution in [0.25, 0.3) is 0 Å². The van der Waals surface area contributed by atoms with Crippen molar-refractivity contribution in [3.05, 3.63) is 125 Å². The zero-order valence-corrected chi connectivity index (χ0v) is 21.9. The smallest absolute Gasteiger partial charge is 0.305 e. The first-order valence-corrected chi connectivity index (χ1v) is 12.7. The second-order valence-corrected chi connectivity index (χ2v) is 9.02. The van der Waals surface area contributed by atoms with Crippen LogP contribution >= 0.6 is 0 Å². The van der Waals surface area contributed by atoms with E-state index in [1.807, 2.05) is 36.4 Å². The predicted octanol–water partition coefficient (Wildman–Crippen LogP) is 5.63. The number of methoxy groups -OCH3 is 1. The molecule has 0 saturated heterocycles. The Bertz CT molecular complexity index is 1470. The number of ether oxygens (including phenoxy) is 2. The molecule has 202 valence electrons. The minimum Gasteiger partial charge on any atom is -0.493 e. The molecule has 0 aliphatic heterocycles. The van der Waals surface area contributed by atoms with Crippen molar-refractivity contribution in [2.45, 2.75) is 25.1 Å². The van der Waals surface area contributed by atoms with Gasteiger partial charge in [-0.3, -0.25) is 9.59 Å². The van der Waals surface area contributed by atoms with Gasteiger partial charge in [0.15, 0.2) is 11.5 Å². The number of carboxylic acids is 1. The van der Waals surface area contributed by atoms with Crippen molar-refractivity contribution >= 4 is 17.6 Å². The fraction of sp³-hybridized carbons (Fsp3) is 0.156. The summed E-state index contributed by atoms with van der Waals surface area (Å²) in [7, 11) is 1.52. The van der Waals surface area contributed by atoms with E-state index in [2.05, 4.69) is 16.7 Å². The predicted molar refractivity (Wildman–Crippen MR) is 151 cm³/mol. The molecule has 0 aliphatic carbocycles. The molecule has 8 nitrogen and oxygen atoms in total. The Labute approximate surface area is 232 Å². The molecule has 4 rings (SSSR count). The molecule has 1 amide bonds. The first kappa shape index (κ1) is 27.7. The first-order valence-electron chi connectivity index (χ1n) is 12.7. The normalized spacial score (nSPS) is 11.9. The number of carboxylic acid groups (broad SMARTS) is 1. The van der Waals surface area contributed by atoms with Crippen LogP contribution in [0.3, 0.4) is 0 Å². The van der Waals surface area contributed by atoms with E-state index in [-0.39, 0.29) is 6.42 Å². The van der Waals surface area contributed by atoms with E-state index in [9.17, 15) is 14.7 Å². The summed E-state index contributed by atoms with van der Waals surface area (Å²) in [5.74, 6) is -0.509. The van der Waals surface area contributed by atoms with Crippen molar-refractivity contribution < 1.29 is 24.2 Å². The van der Waals surface area contributed by atoms with E-state index in [4.69, 9.17) is 14.7 Å². The van der Waals surface area contributed by atoms with Crippen LogP contribution in [0, 0.1) is 11.3 Å². The molecule has 2 unspecified atom stereocenters. The second kappa shape index (κ2) is 13.5. The Hall–Kier alpha value is -5.29. The largest absolute Gasteiger partial charge is 0.493 e. The number of nitrogens with zero attached hydrogens (tertiary/aromatic N) is 1. The van der Waals surface area contributed by atoms with E-state index < -0.39 is 24.0 Å². The van der Waals surface area contributed by atoms with Crippen LogP contribution in [0.4, 0.5) is 5.69 Å². The van der Waals surface area contributed by atoms with E-state index in [0.717, 1.165) is 5.56 Å². The topological polar surface area (TPSA) is 121 Å². The summed E-state index contributed by atoms with van der Waals surface area (Å²) in [5.41, 5.74) is 3.35. The van der Waals surface area contributed by atoms with Gasteiger partial charge in [-0.05, 0) is 53.1 Å². The van der Waals surface area contributed by atoms with Crippen LogP contribution in [-0.4, -0.2) is 24.1 Å². The second-order valence-electron chi connectivity index (χ2n) is 9.02. The van der Waals surface area contributed by atoms with Gasteiger partial charge in [0.25, 0.3) is 0 Å². The third-order valence-electron chi connectivity index (χ3n) is 6.24. The summed E-state index contributed by atoms with van der Waals surface area (Å²) in [6.07, 6.45) is -0.283. The lowest BCUT2D eigenvalue weighted by atomic mass is 10.0. The molecule has 0 bridgehead atoms. The van der Waals surface area contributed by atoms with Crippen molar-refractivity contribution in [2.24, 2.45) is 0 Å². The standard InChI is InChI=1S/C32H29N3O5/c1-39-29-18-25(14-17-28(29)40-21-23-8-4-2-5-9-23)31(34-26-15-12-22(20-33)13-16-26)32(38)35-27(19-30(36)37)24-10-6-3-7-11-24/h2-18,27,31,34H,19,21H2,1H3,(H,35,38)(H,36,37). The lowest BCUT2D eigenvalue weighted by molar-refractivity contribution is -0.137. The number of benzene rings is 4. The van der Waals surface area contributed by atoms with Crippen molar-refractivity contribution in [3.63, 3.8) is 0 Å². The van der Waals surface area contributed by atoms with E-state index in [1.165, 1.54) is 7.11 Å². The number of rotatable bonds is 12. The minimum absolute atomic E-state index is 0.283. The molecule has 4 aromatic rings. The molecule has 8 heteroatoms. The zero-order valence-electron chi connectivity index (χ0n) is 21.9. The monoisotopic (exact) mass is 535 g/mol. The third kappa shape index (κ3) is 7.39. The number of hydrogen-bond donors (Lipinski definition) is 3. The van der Waals surface area contributed by atoms with Crippen molar-refractivity contribution in [3.8, 4) is 17.6 Å². The van der Waals surface area contributed by atoms with Gasteiger partial charge in [0, 0.05) is 5.69 Å². The molecule has 0 radical (unpaired) electrons. The summed E-state index contributed by atoms with van der Waals surface area (Å²) >= 11 is 0. The molecule has 40 heavy (non-hydrogen) atoms. The molecular weight excluding hydrogens is 506 g/mol. The molecular formula is C32H29N3O5. The molecule has 0 aliphatic rings. The van der Waals surface area contributed by atoms with E-state index in [1.54, 1.807) is 66.7 Å². The fourth-order valence-corrected chi connectivity index (χ4v) is 4.19. The number of carbonyl (C=O) groups is 2. The summed E-state index contributed by atoms with van der Waals surface area (Å²) in [6.45, 7) is 0.345. The van der Waals surface area contributed by atoms with Gasteiger partial charge in [0.05, 0.1) is 31.2 Å². The van der Waals surface area contributed by atoms with Gasteiger partial charge < -0.3 is 25.2 Å². The Morgan fingerprint density at radius 2 is 1.55 bits per heavy atom. The lowest BCUT2D eigenvalue weighted by Gasteiger charge is -2.25. The fourth-order valence-electron chi connectivity index (χ4n) is 4.19. The van der Waals surface area contributed by atoms with E-state index >= 15 is 0 Å². The molecule has 0 heterocycles. The van der Waals surface area contributed by atoms with E-state index in [0.29, 0.717) is 40.5 Å². The molecule has 4 aromatic carbocycles. The highest BCUT2D eigenvalue weighted by Gasteiger charge is 2.26. The number of anilines is 1. The Balaban J connectivity index is 1.63. The van der Waals surface area contributed by atoms with Gasteiger partial charge >= 0.3 is 5.97 Å². The van der Waals surface area contributed by atoms with Crippen LogP contribution in [-0.2, 0) is 16.2 Å². The summed E-state index contributed by atoms with van der Waals surface area (Å²) in [6, 6.07) is 31.0.